The molecule has 2 nitrogen and oxygen atoms in total. The van der Waals surface area contributed by atoms with Gasteiger partial charge in [0.15, 0.2) is 0 Å². The Labute approximate surface area is 71.4 Å². The molecule has 0 aromatic carbocycles. The van der Waals surface area contributed by atoms with Gasteiger partial charge in [-0.15, -0.1) is 11.8 Å². The number of thioether (sulfide) groups is 1. The third-order valence-corrected chi connectivity index (χ3v) is 2.05. The minimum atomic E-state index is 0.891. The summed E-state index contributed by atoms with van der Waals surface area (Å²) >= 11 is 1.66. The third-order valence-electron chi connectivity index (χ3n) is 1.39. The normalized spacial score (nSPS) is 10.0. The topological polar surface area (TPSA) is 24.9 Å². The minimum Gasteiger partial charge on any atom is -0.316 e. The van der Waals surface area contributed by atoms with E-state index in [-0.39, 0.29) is 0 Å². The highest BCUT2D eigenvalue weighted by molar-refractivity contribution is 7.98. The van der Waals surface area contributed by atoms with E-state index in [2.05, 4.69) is 16.4 Å². The molecule has 0 unspecified atom stereocenters. The Morgan fingerprint density at radius 2 is 2.36 bits per heavy atom. The summed E-state index contributed by atoms with van der Waals surface area (Å²) in [6.45, 7) is 0.891. The molecule has 0 aliphatic carbocycles. The Balaban J connectivity index is 2.66. The molecule has 11 heavy (non-hydrogen) atoms. The van der Waals surface area contributed by atoms with Crippen LogP contribution in [0.3, 0.4) is 0 Å². The smallest absolute Gasteiger partial charge is 0.0957 e. The van der Waals surface area contributed by atoms with Crippen molar-refractivity contribution in [3.63, 3.8) is 0 Å². The molecule has 0 radical (unpaired) electrons. The van der Waals surface area contributed by atoms with Gasteiger partial charge < -0.3 is 5.32 Å². The van der Waals surface area contributed by atoms with Crippen LogP contribution in [0.4, 0.5) is 0 Å². The second kappa shape index (κ2) is 4.36. The van der Waals surface area contributed by atoms with Crippen LogP contribution in [-0.2, 0) is 6.54 Å². The molecule has 1 aromatic rings. The Bertz CT molecular complexity index is 208. The van der Waals surface area contributed by atoms with Gasteiger partial charge in [-0.3, -0.25) is 0 Å². The lowest BCUT2D eigenvalue weighted by atomic mass is 10.3. The van der Waals surface area contributed by atoms with E-state index in [1.165, 1.54) is 5.56 Å². The second-order valence-corrected chi connectivity index (χ2v) is 3.07. The van der Waals surface area contributed by atoms with Crippen LogP contribution >= 0.6 is 11.8 Å². The molecule has 0 atom stereocenters. The molecule has 3 heteroatoms. The Morgan fingerprint density at radius 1 is 1.55 bits per heavy atom. The number of aromatic nitrogens is 1. The van der Waals surface area contributed by atoms with Crippen LogP contribution in [0.2, 0.25) is 0 Å². The molecule has 0 saturated heterocycles. The third kappa shape index (κ3) is 2.52. The van der Waals surface area contributed by atoms with Crippen molar-refractivity contribution in [3.8, 4) is 0 Å². The zero-order valence-electron chi connectivity index (χ0n) is 6.79. The van der Waals surface area contributed by atoms with Crippen molar-refractivity contribution < 1.29 is 0 Å². The van der Waals surface area contributed by atoms with Crippen molar-refractivity contribution in [1.82, 2.24) is 10.3 Å². The molecular formula is C8H12N2S. The summed E-state index contributed by atoms with van der Waals surface area (Å²) < 4.78 is 0. The van der Waals surface area contributed by atoms with Gasteiger partial charge in [0.25, 0.3) is 0 Å². The van der Waals surface area contributed by atoms with Crippen LogP contribution in [0.1, 0.15) is 5.56 Å². The van der Waals surface area contributed by atoms with Crippen molar-refractivity contribution in [2.24, 2.45) is 0 Å². The predicted octanol–water partition coefficient (Wildman–Crippen LogP) is 1.52. The summed E-state index contributed by atoms with van der Waals surface area (Å²) in [4.78, 5) is 4.24. The van der Waals surface area contributed by atoms with Gasteiger partial charge in [0.1, 0.15) is 0 Å². The van der Waals surface area contributed by atoms with Gasteiger partial charge in [-0.2, -0.15) is 0 Å². The van der Waals surface area contributed by atoms with Crippen molar-refractivity contribution >= 4 is 11.8 Å². The molecule has 0 saturated carbocycles. The van der Waals surface area contributed by atoms with Gasteiger partial charge in [-0.25, -0.2) is 4.98 Å². The summed E-state index contributed by atoms with van der Waals surface area (Å²) in [6.07, 6.45) is 3.93. The molecule has 1 N–H and O–H groups in total. The number of hydrogen-bond donors (Lipinski definition) is 1. The standard InChI is InChI=1S/C8H12N2S/c1-9-5-7-3-4-8(11-2)10-6-7/h3-4,6,9H,5H2,1-2H3. The maximum absolute atomic E-state index is 4.24. The average molecular weight is 168 g/mol. The highest BCUT2D eigenvalue weighted by Gasteiger charge is 1.91. The van der Waals surface area contributed by atoms with Gasteiger partial charge >= 0.3 is 0 Å². The number of hydrogen-bond acceptors (Lipinski definition) is 3. The Hall–Kier alpha value is -0.540. The number of nitrogens with zero attached hydrogens (tertiary/aromatic N) is 1. The first-order valence-corrected chi connectivity index (χ1v) is 4.73. The molecular weight excluding hydrogens is 156 g/mol. The fraction of sp³-hybridized carbons (Fsp3) is 0.375. The molecule has 0 aliphatic heterocycles. The van der Waals surface area contributed by atoms with E-state index in [4.69, 9.17) is 0 Å². The summed E-state index contributed by atoms with van der Waals surface area (Å²) in [7, 11) is 1.93. The van der Waals surface area contributed by atoms with E-state index in [1.54, 1.807) is 11.8 Å². The molecule has 0 aliphatic rings. The lowest BCUT2D eigenvalue weighted by Crippen LogP contribution is -2.04. The quantitative estimate of drug-likeness (QED) is 0.693. The first kappa shape index (κ1) is 8.56. The molecule has 1 aromatic heterocycles. The summed E-state index contributed by atoms with van der Waals surface area (Å²) in [6, 6.07) is 4.13. The van der Waals surface area contributed by atoms with Gasteiger partial charge in [-0.1, -0.05) is 6.07 Å². The first-order valence-electron chi connectivity index (χ1n) is 3.50. The SMILES string of the molecule is CNCc1ccc(SC)nc1. The number of pyridine rings is 1. The molecule has 0 fully saturated rings. The van der Waals surface area contributed by atoms with Crippen LogP contribution in [0, 0.1) is 0 Å². The van der Waals surface area contributed by atoms with E-state index in [9.17, 15) is 0 Å². The highest BCUT2D eigenvalue weighted by atomic mass is 32.2. The largest absolute Gasteiger partial charge is 0.316 e. The average Bonchev–Trinajstić information content (AvgIpc) is 2.07. The molecule has 60 valence electrons. The van der Waals surface area contributed by atoms with Crippen LogP contribution in [0.25, 0.3) is 0 Å². The predicted molar refractivity (Wildman–Crippen MR) is 48.8 cm³/mol. The zero-order valence-corrected chi connectivity index (χ0v) is 7.61. The van der Waals surface area contributed by atoms with Crippen LogP contribution < -0.4 is 5.32 Å². The first-order chi connectivity index (χ1) is 5.36. The minimum absolute atomic E-state index is 0.891. The van der Waals surface area contributed by atoms with Crippen LogP contribution in [0.15, 0.2) is 23.4 Å². The Kier molecular flexibility index (Phi) is 3.39. The second-order valence-electron chi connectivity index (χ2n) is 2.24. The van der Waals surface area contributed by atoms with Crippen LogP contribution in [-0.4, -0.2) is 18.3 Å². The van der Waals surface area contributed by atoms with Gasteiger partial charge in [0.05, 0.1) is 5.03 Å². The summed E-state index contributed by atoms with van der Waals surface area (Å²) in [5.74, 6) is 0. The molecule has 1 rings (SSSR count). The summed E-state index contributed by atoms with van der Waals surface area (Å²) in [5.41, 5.74) is 1.23. The zero-order chi connectivity index (χ0) is 8.10. The molecule has 1 heterocycles. The number of rotatable bonds is 3. The van der Waals surface area contributed by atoms with Gasteiger partial charge in [0.2, 0.25) is 0 Å². The fourth-order valence-electron chi connectivity index (χ4n) is 0.840. The summed E-state index contributed by atoms with van der Waals surface area (Å²) in [5, 5.41) is 4.15. The van der Waals surface area contributed by atoms with E-state index in [0.717, 1.165) is 11.6 Å². The van der Waals surface area contributed by atoms with Crippen molar-refractivity contribution in [2.75, 3.05) is 13.3 Å². The molecule has 0 bridgehead atoms. The van der Waals surface area contributed by atoms with Crippen molar-refractivity contribution in [1.29, 1.82) is 0 Å². The van der Waals surface area contributed by atoms with E-state index < -0.39 is 0 Å². The lowest BCUT2D eigenvalue weighted by Gasteiger charge is -1.99. The van der Waals surface area contributed by atoms with Crippen molar-refractivity contribution in [2.45, 2.75) is 11.6 Å². The van der Waals surface area contributed by atoms with E-state index in [0.29, 0.717) is 0 Å². The van der Waals surface area contributed by atoms with E-state index >= 15 is 0 Å². The maximum atomic E-state index is 4.24. The Morgan fingerprint density at radius 3 is 2.82 bits per heavy atom. The van der Waals surface area contributed by atoms with Gasteiger partial charge in [-0.05, 0) is 24.9 Å². The van der Waals surface area contributed by atoms with Crippen LogP contribution in [0.5, 0.6) is 0 Å². The monoisotopic (exact) mass is 168 g/mol. The lowest BCUT2D eigenvalue weighted by molar-refractivity contribution is 0.809. The molecule has 0 spiro atoms. The van der Waals surface area contributed by atoms with Gasteiger partial charge in [0, 0.05) is 12.7 Å². The molecule has 0 amide bonds. The van der Waals surface area contributed by atoms with Crippen molar-refractivity contribution in [3.05, 3.63) is 23.9 Å². The number of nitrogens with one attached hydrogen (secondary N) is 1. The fourth-order valence-corrected chi connectivity index (χ4v) is 1.20. The maximum Gasteiger partial charge on any atom is 0.0957 e. The highest BCUT2D eigenvalue weighted by Crippen LogP contribution is 2.10. The van der Waals surface area contributed by atoms with E-state index in [1.807, 2.05) is 25.6 Å².